The highest BCUT2D eigenvalue weighted by molar-refractivity contribution is 5.85. The highest BCUT2D eigenvalue weighted by Crippen LogP contribution is 2.38. The second-order valence-electron chi connectivity index (χ2n) is 4.38. The van der Waals surface area contributed by atoms with Crippen LogP contribution < -0.4 is 5.73 Å². The Kier molecular flexibility index (Phi) is 5.69. The molecule has 2 N–H and O–H groups in total. The van der Waals surface area contributed by atoms with Gasteiger partial charge in [-0.15, -0.1) is 12.4 Å². The summed E-state index contributed by atoms with van der Waals surface area (Å²) in [4.78, 5) is 0. The van der Waals surface area contributed by atoms with Gasteiger partial charge in [-0.25, -0.2) is 0 Å². The number of rotatable bonds is 5. The van der Waals surface area contributed by atoms with Gasteiger partial charge in [0.1, 0.15) is 0 Å². The molecule has 1 aliphatic carbocycles. The minimum atomic E-state index is 0. The molecule has 0 amide bonds. The van der Waals surface area contributed by atoms with Crippen molar-refractivity contribution in [2.45, 2.75) is 18.9 Å². The third-order valence-corrected chi connectivity index (χ3v) is 3.06. The van der Waals surface area contributed by atoms with Crippen molar-refractivity contribution in [1.29, 1.82) is 0 Å². The maximum atomic E-state index is 5.91. The smallest absolute Gasteiger partial charge is 0.0499 e. The molecule has 1 aliphatic rings. The second-order valence-corrected chi connectivity index (χ2v) is 4.38. The van der Waals surface area contributed by atoms with Crippen LogP contribution in [0.5, 0.6) is 0 Å². The van der Waals surface area contributed by atoms with E-state index in [0.29, 0.717) is 12.0 Å². The molecule has 2 atom stereocenters. The van der Waals surface area contributed by atoms with E-state index in [2.05, 4.69) is 30.3 Å². The van der Waals surface area contributed by atoms with Crippen LogP contribution in [0.2, 0.25) is 0 Å². The van der Waals surface area contributed by atoms with Gasteiger partial charge in [-0.2, -0.15) is 0 Å². The van der Waals surface area contributed by atoms with Crippen molar-refractivity contribution in [3.63, 3.8) is 0 Å². The van der Waals surface area contributed by atoms with Gasteiger partial charge in [0.2, 0.25) is 0 Å². The maximum absolute atomic E-state index is 5.91. The first-order valence-electron chi connectivity index (χ1n) is 5.81. The van der Waals surface area contributed by atoms with Crippen LogP contribution in [-0.2, 0) is 4.74 Å². The van der Waals surface area contributed by atoms with Gasteiger partial charge < -0.3 is 10.5 Å². The zero-order chi connectivity index (χ0) is 11.4. The Labute approximate surface area is 109 Å². The normalized spacial score (nSPS) is 23.1. The van der Waals surface area contributed by atoms with Crippen molar-refractivity contribution >= 4 is 18.5 Å². The second kappa shape index (κ2) is 6.80. The van der Waals surface area contributed by atoms with Crippen LogP contribution in [0, 0.1) is 5.92 Å². The Hall–Kier alpha value is -0.830. The van der Waals surface area contributed by atoms with Crippen LogP contribution >= 0.6 is 12.4 Å². The summed E-state index contributed by atoms with van der Waals surface area (Å²) < 4.78 is 5.14. The molecule has 2 nitrogen and oxygen atoms in total. The van der Waals surface area contributed by atoms with Crippen LogP contribution in [0.4, 0.5) is 0 Å². The summed E-state index contributed by atoms with van der Waals surface area (Å²) in [7, 11) is 1.74. The van der Waals surface area contributed by atoms with Crippen LogP contribution in [0.15, 0.2) is 35.9 Å². The summed E-state index contributed by atoms with van der Waals surface area (Å²) in [6.07, 6.45) is 4.38. The highest BCUT2D eigenvalue weighted by Gasteiger charge is 2.35. The van der Waals surface area contributed by atoms with Crippen LogP contribution in [0.1, 0.15) is 18.4 Å². The first-order chi connectivity index (χ1) is 7.81. The van der Waals surface area contributed by atoms with Crippen molar-refractivity contribution in [2.75, 3.05) is 13.7 Å². The molecule has 1 saturated carbocycles. The molecule has 0 aromatic heterocycles. The predicted molar refractivity (Wildman–Crippen MR) is 74.2 cm³/mol. The Balaban J connectivity index is 0.00000144. The third kappa shape index (κ3) is 4.15. The molecular formula is C14H20ClNO. The molecule has 0 saturated heterocycles. The van der Waals surface area contributed by atoms with E-state index in [1.165, 1.54) is 11.1 Å². The lowest BCUT2D eigenvalue weighted by molar-refractivity contribution is 0.201. The number of halogens is 1. The lowest BCUT2D eigenvalue weighted by atomic mass is 10.0. The molecule has 17 heavy (non-hydrogen) atoms. The number of benzene rings is 1. The molecule has 0 aliphatic heterocycles. The van der Waals surface area contributed by atoms with Gasteiger partial charge in [-0.3, -0.25) is 0 Å². The summed E-state index contributed by atoms with van der Waals surface area (Å²) in [5, 5.41) is 0. The van der Waals surface area contributed by atoms with Crippen molar-refractivity contribution in [2.24, 2.45) is 11.7 Å². The minimum absolute atomic E-state index is 0. The summed E-state index contributed by atoms with van der Waals surface area (Å²) >= 11 is 0. The topological polar surface area (TPSA) is 35.2 Å². The highest BCUT2D eigenvalue weighted by atomic mass is 35.5. The fourth-order valence-corrected chi connectivity index (χ4v) is 1.99. The largest absolute Gasteiger partial charge is 0.384 e. The molecular weight excluding hydrogens is 234 g/mol. The van der Waals surface area contributed by atoms with Gasteiger partial charge >= 0.3 is 0 Å². The zero-order valence-corrected chi connectivity index (χ0v) is 11.0. The Morgan fingerprint density at radius 1 is 1.41 bits per heavy atom. The number of ether oxygens (including phenoxy) is 1. The van der Waals surface area contributed by atoms with E-state index in [4.69, 9.17) is 10.5 Å². The molecule has 1 aromatic rings. The van der Waals surface area contributed by atoms with Crippen LogP contribution in [0.25, 0.3) is 6.08 Å². The first-order valence-corrected chi connectivity index (χ1v) is 5.81. The molecule has 3 heteroatoms. The minimum Gasteiger partial charge on any atom is -0.384 e. The van der Waals surface area contributed by atoms with E-state index in [1.54, 1.807) is 7.11 Å². The SMILES string of the molecule is COCCC(=Cc1ccccc1)C1CC1N.Cl. The summed E-state index contributed by atoms with van der Waals surface area (Å²) in [5.41, 5.74) is 8.60. The molecule has 0 heterocycles. The monoisotopic (exact) mass is 253 g/mol. The molecule has 0 radical (unpaired) electrons. The maximum Gasteiger partial charge on any atom is 0.0499 e. The summed E-state index contributed by atoms with van der Waals surface area (Å²) in [6.45, 7) is 0.780. The van der Waals surface area contributed by atoms with Gasteiger partial charge in [-0.1, -0.05) is 42.0 Å². The van der Waals surface area contributed by atoms with E-state index in [9.17, 15) is 0 Å². The Morgan fingerprint density at radius 3 is 2.59 bits per heavy atom. The zero-order valence-electron chi connectivity index (χ0n) is 10.1. The molecule has 1 fully saturated rings. The van der Waals surface area contributed by atoms with E-state index in [0.717, 1.165) is 19.4 Å². The molecule has 94 valence electrons. The molecule has 1 aromatic carbocycles. The van der Waals surface area contributed by atoms with E-state index < -0.39 is 0 Å². The van der Waals surface area contributed by atoms with Gasteiger partial charge in [-0.05, 0) is 24.3 Å². The van der Waals surface area contributed by atoms with Crippen molar-refractivity contribution < 1.29 is 4.74 Å². The fraction of sp³-hybridized carbons (Fsp3) is 0.429. The van der Waals surface area contributed by atoms with Crippen LogP contribution in [0.3, 0.4) is 0 Å². The Bertz CT molecular complexity index is 364. The van der Waals surface area contributed by atoms with Gasteiger partial charge in [0.25, 0.3) is 0 Å². The number of nitrogens with two attached hydrogens (primary N) is 1. The third-order valence-electron chi connectivity index (χ3n) is 3.06. The quantitative estimate of drug-likeness (QED) is 0.876. The number of hydrogen-bond donors (Lipinski definition) is 1. The van der Waals surface area contributed by atoms with Gasteiger partial charge in [0.05, 0.1) is 0 Å². The van der Waals surface area contributed by atoms with Gasteiger partial charge in [0.15, 0.2) is 0 Å². The van der Waals surface area contributed by atoms with E-state index >= 15 is 0 Å². The molecule has 0 bridgehead atoms. The fourth-order valence-electron chi connectivity index (χ4n) is 1.99. The summed E-state index contributed by atoms with van der Waals surface area (Å²) in [6, 6.07) is 10.8. The van der Waals surface area contributed by atoms with Crippen LogP contribution in [-0.4, -0.2) is 19.8 Å². The molecule has 2 unspecified atom stereocenters. The van der Waals surface area contributed by atoms with Gasteiger partial charge in [0, 0.05) is 19.8 Å². The number of methoxy groups -OCH3 is 1. The average molecular weight is 254 g/mol. The van der Waals surface area contributed by atoms with Crippen molar-refractivity contribution in [3.05, 3.63) is 41.5 Å². The number of hydrogen-bond acceptors (Lipinski definition) is 2. The summed E-state index contributed by atoms with van der Waals surface area (Å²) in [5.74, 6) is 0.579. The average Bonchev–Trinajstić information content (AvgIpc) is 3.03. The predicted octanol–water partition coefficient (Wildman–Crippen LogP) is 2.88. The first kappa shape index (κ1) is 14.2. The van der Waals surface area contributed by atoms with Crippen molar-refractivity contribution in [3.8, 4) is 0 Å². The lowest BCUT2D eigenvalue weighted by Crippen LogP contribution is -2.05. The van der Waals surface area contributed by atoms with E-state index in [-0.39, 0.29) is 12.4 Å². The standard InChI is InChI=1S/C14H19NO.ClH/c1-16-8-7-12(13-10-14(13)15)9-11-5-3-2-4-6-11;/h2-6,9,13-14H,7-8,10,15H2,1H3;1H. The Morgan fingerprint density at radius 2 is 2.06 bits per heavy atom. The molecule has 2 rings (SSSR count). The van der Waals surface area contributed by atoms with E-state index in [1.807, 2.05) is 6.07 Å². The molecule has 0 spiro atoms. The lowest BCUT2D eigenvalue weighted by Gasteiger charge is -2.06. The van der Waals surface area contributed by atoms with Crippen molar-refractivity contribution in [1.82, 2.24) is 0 Å².